The summed E-state index contributed by atoms with van der Waals surface area (Å²) in [6.45, 7) is 0. The second kappa shape index (κ2) is 5.24. The minimum atomic E-state index is -0.737. The molecule has 0 spiro atoms. The van der Waals surface area contributed by atoms with Crippen molar-refractivity contribution in [2.45, 2.75) is 0 Å². The Balaban J connectivity index is 2.45. The van der Waals surface area contributed by atoms with Crippen molar-refractivity contribution in [1.82, 2.24) is 4.57 Å². The predicted octanol–water partition coefficient (Wildman–Crippen LogP) is 3.69. The first-order valence-corrected chi connectivity index (χ1v) is 6.12. The number of para-hydroxylation sites is 2. The Labute approximate surface area is 145 Å². The van der Waals surface area contributed by atoms with E-state index in [1.807, 2.05) is 0 Å². The van der Waals surface area contributed by atoms with Crippen molar-refractivity contribution >= 4 is 29.5 Å². The van der Waals surface area contributed by atoms with Gasteiger partial charge in [-0.15, -0.1) is 0 Å². The lowest BCUT2D eigenvalue weighted by Gasteiger charge is -2.09. The van der Waals surface area contributed by atoms with Gasteiger partial charge in [0.25, 0.3) is 0 Å². The van der Waals surface area contributed by atoms with Gasteiger partial charge in [-0.3, -0.25) is 0 Å². The van der Waals surface area contributed by atoms with Crippen LogP contribution in [0.15, 0.2) is 72.5 Å². The molecule has 0 saturated carbocycles. The predicted molar refractivity (Wildman–Crippen MR) is 89.4 cm³/mol. The van der Waals surface area contributed by atoms with Gasteiger partial charge in [-0.05, 0) is 24.2 Å². The molecule has 4 rings (SSSR count). The summed E-state index contributed by atoms with van der Waals surface area (Å²) in [6, 6.07) is -8.00. The molecule has 105 valence electrons. The van der Waals surface area contributed by atoms with Crippen LogP contribution in [0.5, 0.6) is 5.75 Å². The minimum Gasteiger partial charge on any atom is -0.537 e. The summed E-state index contributed by atoms with van der Waals surface area (Å²) in [6.07, 6.45) is 0. The Morgan fingerprint density at radius 2 is 1.50 bits per heavy atom. The third-order valence-corrected chi connectivity index (χ3v) is 3.02. The summed E-state index contributed by atoms with van der Waals surface area (Å²) in [5, 5.41) is 8.54. The first-order chi connectivity index (χ1) is 15.9. The van der Waals surface area contributed by atoms with Gasteiger partial charge < -0.3 is 14.2 Å². The highest BCUT2D eigenvalue weighted by atomic mass is 16.5. The van der Waals surface area contributed by atoms with Crippen LogP contribution in [0.2, 0.25) is 0 Å². The van der Waals surface area contributed by atoms with E-state index in [0.29, 0.717) is 0 Å². The van der Waals surface area contributed by atoms with Crippen LogP contribution in [0.3, 0.4) is 0 Å². The highest BCUT2D eigenvalue weighted by molar-refractivity contribution is 6.17. The molecule has 4 aromatic rings. The Bertz CT molecular complexity index is 1470. The molecule has 0 atom stereocenters. The van der Waals surface area contributed by atoms with Crippen molar-refractivity contribution in [2.75, 3.05) is 0 Å². The first-order valence-electron chi connectivity index (χ1n) is 12.1. The molecule has 3 aromatic carbocycles. The molecule has 0 aliphatic heterocycles. The number of benzene rings is 3. The fraction of sp³-hybridized carbons (Fsp3) is 0. The van der Waals surface area contributed by atoms with Gasteiger partial charge in [-0.2, -0.15) is 0 Å². The molecule has 0 saturated heterocycles. The molecule has 0 unspecified atom stereocenters. The van der Waals surface area contributed by atoms with Gasteiger partial charge >= 0.3 is 7.69 Å². The van der Waals surface area contributed by atoms with Gasteiger partial charge in [0.15, 0.2) is 0 Å². The van der Waals surface area contributed by atoms with Crippen molar-refractivity contribution in [3.63, 3.8) is 0 Å². The zero-order valence-electron chi connectivity index (χ0n) is 22.9. The van der Waals surface area contributed by atoms with Crippen LogP contribution >= 0.6 is 0 Å². The van der Waals surface area contributed by atoms with Gasteiger partial charge in [0.2, 0.25) is 0 Å². The SMILES string of the molecule is [2H]c1c([2H])c(O[B]O)c([2H])c(-n2c3c([2H])c([2H])c([2H])c([2H])c3c3c([2H])c([2H])c([2H])c([2H])c32)c1[2H]. The fourth-order valence-corrected chi connectivity index (χ4v) is 2.19. The monoisotopic (exact) mass is 298 g/mol. The van der Waals surface area contributed by atoms with Crippen LogP contribution in [0.4, 0.5) is 0 Å². The summed E-state index contributed by atoms with van der Waals surface area (Å²) in [5.74, 6) is -0.629. The van der Waals surface area contributed by atoms with Gasteiger partial charge in [-0.1, -0.05) is 42.3 Å². The summed E-state index contributed by atoms with van der Waals surface area (Å²) in [7, 11) is 0.169. The number of hydrogen-bond donors (Lipinski definition) is 1. The van der Waals surface area contributed by atoms with Crippen molar-refractivity contribution < 1.29 is 26.1 Å². The molecule has 1 radical (unpaired) electrons. The van der Waals surface area contributed by atoms with Crippen LogP contribution in [0, 0.1) is 0 Å². The quantitative estimate of drug-likeness (QED) is 0.585. The van der Waals surface area contributed by atoms with Gasteiger partial charge in [0, 0.05) is 22.5 Å². The molecule has 0 bridgehead atoms. The zero-order chi connectivity index (χ0) is 25.4. The molecule has 1 heterocycles. The first kappa shape index (κ1) is 5.49. The summed E-state index contributed by atoms with van der Waals surface area (Å²) in [4.78, 5) is 0. The third kappa shape index (κ3) is 1.97. The largest absolute Gasteiger partial charge is 0.569 e. The number of fused-ring (bicyclic) bond motifs is 3. The number of hydrogen-bond acceptors (Lipinski definition) is 2. The smallest absolute Gasteiger partial charge is 0.537 e. The van der Waals surface area contributed by atoms with E-state index in [1.165, 1.54) is 0 Å². The van der Waals surface area contributed by atoms with E-state index in [1.54, 1.807) is 0 Å². The number of nitrogens with zero attached hydrogens (tertiary/aromatic N) is 1. The van der Waals surface area contributed by atoms with Gasteiger partial charge in [0.1, 0.15) is 5.75 Å². The summed E-state index contributed by atoms with van der Waals surface area (Å²) < 4.78 is 105. The molecule has 1 aromatic heterocycles. The third-order valence-electron chi connectivity index (χ3n) is 3.02. The Kier molecular flexibility index (Phi) is 1.31. The van der Waals surface area contributed by atoms with E-state index >= 15 is 0 Å². The second-order valence-electron chi connectivity index (χ2n) is 4.18. The lowest BCUT2D eigenvalue weighted by atomic mass is 10.2. The molecular weight excluding hydrogens is 273 g/mol. The second-order valence-corrected chi connectivity index (χ2v) is 4.18. The van der Waals surface area contributed by atoms with E-state index < -0.39 is 83.9 Å². The topological polar surface area (TPSA) is 34.4 Å². The van der Waals surface area contributed by atoms with Crippen molar-refractivity contribution in [1.29, 1.82) is 0 Å². The van der Waals surface area contributed by atoms with Crippen LogP contribution < -0.4 is 4.65 Å². The Morgan fingerprint density at radius 1 is 0.864 bits per heavy atom. The van der Waals surface area contributed by atoms with E-state index in [2.05, 4.69) is 0 Å². The van der Waals surface area contributed by atoms with Crippen molar-refractivity contribution in [3.8, 4) is 11.4 Å². The van der Waals surface area contributed by atoms with E-state index in [0.717, 1.165) is 4.57 Å². The molecule has 3 nitrogen and oxygen atoms in total. The molecule has 1 N–H and O–H groups in total. The lowest BCUT2D eigenvalue weighted by Crippen LogP contribution is -2.01. The summed E-state index contributed by atoms with van der Waals surface area (Å²) in [5.41, 5.74) is -1.20. The number of aromatic nitrogens is 1. The Morgan fingerprint density at radius 3 is 2.14 bits per heavy atom. The fourth-order valence-electron chi connectivity index (χ4n) is 2.19. The molecule has 0 aliphatic carbocycles. The zero-order valence-corrected chi connectivity index (χ0v) is 10.9. The average molecular weight is 298 g/mol. The van der Waals surface area contributed by atoms with Crippen LogP contribution in [-0.4, -0.2) is 17.3 Å². The van der Waals surface area contributed by atoms with Crippen LogP contribution in [-0.2, 0) is 0 Å². The molecule has 0 aliphatic rings. The van der Waals surface area contributed by atoms with Crippen LogP contribution in [0.25, 0.3) is 27.5 Å². The molecular formula is C18H13BNO2. The van der Waals surface area contributed by atoms with Gasteiger partial charge in [-0.25, -0.2) is 0 Å². The number of rotatable bonds is 3. The minimum absolute atomic E-state index is 0.169. The van der Waals surface area contributed by atoms with Crippen molar-refractivity contribution in [2.24, 2.45) is 0 Å². The molecule has 22 heavy (non-hydrogen) atoms. The standard InChI is InChI=1S/C18H13BNO2/c21-19-22-14-7-5-6-13(12-14)20-17-10-3-1-8-15(17)16-9-2-4-11-18(16)20/h1-12,21H/i1D,2D,3D,4D,5D,6D,7D,8D,9D,10D,11D,12D. The maximum Gasteiger partial charge on any atom is 0.569 e. The van der Waals surface area contributed by atoms with E-state index in [9.17, 15) is 0 Å². The van der Waals surface area contributed by atoms with Crippen molar-refractivity contribution in [3.05, 3.63) is 72.5 Å². The molecule has 4 heteroatoms. The lowest BCUT2D eigenvalue weighted by molar-refractivity contribution is 0.454. The average Bonchev–Trinajstić information content (AvgIpc) is 3.16. The highest BCUT2D eigenvalue weighted by Gasteiger charge is 2.11. The molecule has 0 fully saturated rings. The highest BCUT2D eigenvalue weighted by Crippen LogP contribution is 2.32. The Hall–Kier alpha value is -2.72. The van der Waals surface area contributed by atoms with E-state index in [4.69, 9.17) is 26.1 Å². The maximum absolute atomic E-state index is 9.06. The summed E-state index contributed by atoms with van der Waals surface area (Å²) >= 11 is 0. The maximum atomic E-state index is 9.06. The van der Waals surface area contributed by atoms with Crippen LogP contribution in [0.1, 0.15) is 16.4 Å². The molecule has 0 amide bonds. The van der Waals surface area contributed by atoms with E-state index in [-0.39, 0.29) is 29.5 Å². The van der Waals surface area contributed by atoms with Gasteiger partial charge in [0.05, 0.1) is 27.5 Å². The normalized spacial score (nSPS) is 18.6.